The zero-order valence-electron chi connectivity index (χ0n) is 18.3. The molecule has 1 aromatic rings. The first-order valence-corrected chi connectivity index (χ1v) is 11.9. The van der Waals surface area contributed by atoms with Crippen molar-refractivity contribution in [3.05, 3.63) is 41.0 Å². The number of rotatable bonds is 13. The third kappa shape index (κ3) is 4.99. The van der Waals surface area contributed by atoms with Gasteiger partial charge < -0.3 is 0 Å². The van der Waals surface area contributed by atoms with E-state index in [0.717, 1.165) is 48.9 Å². The van der Waals surface area contributed by atoms with Crippen molar-refractivity contribution >= 4 is 17.5 Å². The molecular formula is C26H37NO2. The quantitative estimate of drug-likeness (QED) is 0.265. The van der Waals surface area contributed by atoms with Gasteiger partial charge in [0.2, 0.25) is 0 Å². The standard InChI is InChI=1S/C26H37NO2/c1-3-5-7-9-11-13-15-23-24-22(14-12-10-8-6-4-2)20-16-18-21(19-17-20)27(25(23)28)26(24)29/h16-19,22H,3-15H2,1-2H3. The van der Waals surface area contributed by atoms with Gasteiger partial charge in [-0.1, -0.05) is 90.2 Å². The van der Waals surface area contributed by atoms with Crippen molar-refractivity contribution in [1.82, 2.24) is 0 Å². The molecule has 0 radical (unpaired) electrons. The Hall–Kier alpha value is -1.90. The van der Waals surface area contributed by atoms with Crippen LogP contribution in [-0.4, -0.2) is 11.8 Å². The smallest absolute Gasteiger partial charge is 0.262 e. The van der Waals surface area contributed by atoms with Crippen molar-refractivity contribution in [2.45, 2.75) is 103 Å². The zero-order valence-corrected chi connectivity index (χ0v) is 18.3. The van der Waals surface area contributed by atoms with E-state index in [4.69, 9.17) is 0 Å². The molecule has 4 rings (SSSR count). The number of amides is 2. The molecule has 1 aromatic carbocycles. The van der Waals surface area contributed by atoms with Gasteiger partial charge in [0.1, 0.15) is 0 Å². The van der Waals surface area contributed by atoms with Crippen LogP contribution < -0.4 is 4.90 Å². The lowest BCUT2D eigenvalue weighted by atomic mass is 9.83. The number of nitrogens with zero attached hydrogens (tertiary/aromatic N) is 1. The largest absolute Gasteiger partial charge is 0.269 e. The van der Waals surface area contributed by atoms with Crippen molar-refractivity contribution in [2.75, 3.05) is 4.90 Å². The molecule has 3 heterocycles. The molecule has 0 aromatic heterocycles. The average molecular weight is 396 g/mol. The van der Waals surface area contributed by atoms with E-state index in [9.17, 15) is 9.59 Å². The van der Waals surface area contributed by atoms with Crippen molar-refractivity contribution in [1.29, 1.82) is 0 Å². The molecule has 0 fully saturated rings. The molecule has 3 aliphatic rings. The highest BCUT2D eigenvalue weighted by Crippen LogP contribution is 2.43. The predicted octanol–water partition coefficient (Wildman–Crippen LogP) is 7.06. The zero-order chi connectivity index (χ0) is 20.6. The number of hydrogen-bond donors (Lipinski definition) is 0. The first-order chi connectivity index (χ1) is 14.2. The number of imide groups is 1. The number of benzene rings is 1. The lowest BCUT2D eigenvalue weighted by Crippen LogP contribution is -2.33. The minimum Gasteiger partial charge on any atom is -0.269 e. The number of anilines is 1. The van der Waals surface area contributed by atoms with Crippen molar-refractivity contribution in [3.8, 4) is 0 Å². The summed E-state index contributed by atoms with van der Waals surface area (Å²) in [5.74, 6) is -0.0553. The van der Waals surface area contributed by atoms with Crippen LogP contribution in [-0.2, 0) is 9.59 Å². The first kappa shape index (κ1) is 21.8. The van der Waals surface area contributed by atoms with Gasteiger partial charge in [-0.3, -0.25) is 9.59 Å². The number of carbonyl (C=O) groups is 2. The van der Waals surface area contributed by atoms with E-state index in [1.165, 1.54) is 61.8 Å². The second kappa shape index (κ2) is 10.8. The van der Waals surface area contributed by atoms with Crippen LogP contribution in [0, 0.1) is 0 Å². The van der Waals surface area contributed by atoms with Gasteiger partial charge in [-0.25, -0.2) is 4.90 Å². The van der Waals surface area contributed by atoms with Crippen molar-refractivity contribution < 1.29 is 9.59 Å². The van der Waals surface area contributed by atoms with E-state index in [1.807, 2.05) is 12.1 Å². The van der Waals surface area contributed by atoms with E-state index < -0.39 is 0 Å². The minimum absolute atomic E-state index is 0.0595. The fraction of sp³-hybridized carbons (Fsp3) is 0.615. The monoisotopic (exact) mass is 395 g/mol. The molecule has 3 aliphatic heterocycles. The van der Waals surface area contributed by atoms with Crippen LogP contribution in [0.1, 0.15) is 109 Å². The molecule has 3 heteroatoms. The highest BCUT2D eigenvalue weighted by atomic mass is 16.2. The van der Waals surface area contributed by atoms with Crippen molar-refractivity contribution in [3.63, 3.8) is 0 Å². The van der Waals surface area contributed by atoms with Gasteiger partial charge >= 0.3 is 0 Å². The molecule has 158 valence electrons. The van der Waals surface area contributed by atoms with Gasteiger partial charge in [-0.15, -0.1) is 0 Å². The van der Waals surface area contributed by atoms with Crippen LogP contribution in [0.4, 0.5) is 5.69 Å². The van der Waals surface area contributed by atoms with E-state index in [0.29, 0.717) is 0 Å². The molecule has 3 nitrogen and oxygen atoms in total. The number of carbonyl (C=O) groups excluding carboxylic acids is 2. The Morgan fingerprint density at radius 3 is 1.97 bits per heavy atom. The normalized spacial score (nSPS) is 18.0. The summed E-state index contributed by atoms with van der Waals surface area (Å²) in [6, 6.07) is 8.12. The molecule has 2 amide bonds. The summed E-state index contributed by atoms with van der Waals surface area (Å²) >= 11 is 0. The number of hydrogen-bond acceptors (Lipinski definition) is 2. The molecule has 0 spiro atoms. The number of unbranched alkanes of at least 4 members (excludes halogenated alkanes) is 9. The fourth-order valence-electron chi connectivity index (χ4n) is 4.79. The summed E-state index contributed by atoms with van der Waals surface area (Å²) < 4.78 is 0. The minimum atomic E-state index is -0.0676. The van der Waals surface area contributed by atoms with Gasteiger partial charge in [-0.05, 0) is 37.0 Å². The molecule has 0 N–H and O–H groups in total. The Balaban J connectivity index is 1.76. The molecular weight excluding hydrogens is 358 g/mol. The maximum absolute atomic E-state index is 13.2. The molecule has 1 unspecified atom stereocenters. The Bertz CT molecular complexity index is 732. The Morgan fingerprint density at radius 2 is 1.31 bits per heavy atom. The topological polar surface area (TPSA) is 37.4 Å². The van der Waals surface area contributed by atoms with E-state index in [2.05, 4.69) is 26.0 Å². The summed E-state index contributed by atoms with van der Waals surface area (Å²) in [7, 11) is 0. The maximum Gasteiger partial charge on any atom is 0.262 e. The van der Waals surface area contributed by atoms with E-state index >= 15 is 0 Å². The highest BCUT2D eigenvalue weighted by molar-refractivity contribution is 6.33. The summed E-state index contributed by atoms with van der Waals surface area (Å²) in [6.45, 7) is 4.46. The Morgan fingerprint density at radius 1 is 0.724 bits per heavy atom. The van der Waals surface area contributed by atoms with Crippen LogP contribution in [0.5, 0.6) is 0 Å². The van der Waals surface area contributed by atoms with E-state index in [1.54, 1.807) is 0 Å². The van der Waals surface area contributed by atoms with Crippen LogP contribution in [0.15, 0.2) is 35.4 Å². The van der Waals surface area contributed by atoms with Crippen LogP contribution in [0.2, 0.25) is 0 Å². The van der Waals surface area contributed by atoms with Gasteiger partial charge in [0.15, 0.2) is 0 Å². The fourth-order valence-corrected chi connectivity index (χ4v) is 4.79. The second-order valence-corrected chi connectivity index (χ2v) is 8.70. The summed E-state index contributed by atoms with van der Waals surface area (Å²) in [4.78, 5) is 27.8. The molecule has 29 heavy (non-hydrogen) atoms. The lowest BCUT2D eigenvalue weighted by molar-refractivity contribution is -0.120. The average Bonchev–Trinajstić information content (AvgIpc) is 3.00. The lowest BCUT2D eigenvalue weighted by Gasteiger charge is -2.24. The molecule has 0 saturated heterocycles. The van der Waals surface area contributed by atoms with E-state index in [-0.39, 0.29) is 17.7 Å². The summed E-state index contributed by atoms with van der Waals surface area (Å²) in [5, 5.41) is 0. The van der Waals surface area contributed by atoms with Gasteiger partial charge in [0, 0.05) is 17.1 Å². The van der Waals surface area contributed by atoms with Gasteiger partial charge in [0.05, 0.1) is 5.69 Å². The van der Waals surface area contributed by atoms with Crippen molar-refractivity contribution in [2.24, 2.45) is 0 Å². The predicted molar refractivity (Wildman–Crippen MR) is 120 cm³/mol. The Labute approximate surface area is 176 Å². The Kier molecular flexibility index (Phi) is 8.09. The summed E-state index contributed by atoms with van der Waals surface area (Å²) in [5.41, 5.74) is 3.52. The number of fused-ring (bicyclic) bond motifs is 2. The third-order valence-corrected chi connectivity index (χ3v) is 6.50. The van der Waals surface area contributed by atoms with Crippen LogP contribution in [0.25, 0.3) is 0 Å². The molecule has 4 bridgehead atoms. The second-order valence-electron chi connectivity index (χ2n) is 8.70. The SMILES string of the molecule is CCCCCCCCC1=C2C(=O)N(C1=O)c1ccc(cc1)C2CCCCCCC. The summed E-state index contributed by atoms with van der Waals surface area (Å²) in [6.07, 6.45) is 15.0. The first-order valence-electron chi connectivity index (χ1n) is 11.9. The highest BCUT2D eigenvalue weighted by Gasteiger charge is 2.43. The third-order valence-electron chi connectivity index (χ3n) is 6.50. The van der Waals surface area contributed by atoms with Crippen LogP contribution in [0.3, 0.4) is 0 Å². The molecule has 1 atom stereocenters. The van der Waals surface area contributed by atoms with Gasteiger partial charge in [-0.2, -0.15) is 0 Å². The molecule has 0 aliphatic carbocycles. The van der Waals surface area contributed by atoms with Crippen LogP contribution >= 0.6 is 0 Å². The molecule has 0 saturated carbocycles. The van der Waals surface area contributed by atoms with Gasteiger partial charge in [0.25, 0.3) is 11.8 Å². The maximum atomic E-state index is 13.2.